The minimum atomic E-state index is 0. The molecular weight excluding hydrogens is 439 g/mol. The molecule has 1 aromatic rings. The third-order valence-corrected chi connectivity index (χ3v) is 4.26. The van der Waals surface area contributed by atoms with Crippen LogP contribution >= 0.6 is 24.0 Å². The van der Waals surface area contributed by atoms with Crippen molar-refractivity contribution in [2.24, 2.45) is 4.99 Å². The summed E-state index contributed by atoms with van der Waals surface area (Å²) in [5.41, 5.74) is 2.69. The second-order valence-corrected chi connectivity index (χ2v) is 7.57. The molecule has 0 aromatic heterocycles. The van der Waals surface area contributed by atoms with Crippen molar-refractivity contribution in [3.63, 3.8) is 0 Å². The highest BCUT2D eigenvalue weighted by molar-refractivity contribution is 14.0. The molecule has 6 heteroatoms. The van der Waals surface area contributed by atoms with Gasteiger partial charge in [-0.25, -0.2) is 0 Å². The Kier molecular flexibility index (Phi) is 9.89. The van der Waals surface area contributed by atoms with E-state index in [9.17, 15) is 0 Å². The van der Waals surface area contributed by atoms with Gasteiger partial charge in [0, 0.05) is 25.2 Å². The highest BCUT2D eigenvalue weighted by atomic mass is 127. The van der Waals surface area contributed by atoms with Gasteiger partial charge in [0.15, 0.2) is 5.96 Å². The van der Waals surface area contributed by atoms with E-state index < -0.39 is 0 Å². The number of nitrogens with one attached hydrogen (secondary N) is 2. The lowest BCUT2D eigenvalue weighted by atomic mass is 10.0. The Morgan fingerprint density at radius 3 is 2.69 bits per heavy atom. The number of guanidine groups is 1. The fourth-order valence-corrected chi connectivity index (χ4v) is 3.00. The fourth-order valence-electron chi connectivity index (χ4n) is 3.00. The second-order valence-electron chi connectivity index (χ2n) is 7.57. The summed E-state index contributed by atoms with van der Waals surface area (Å²) in [5, 5.41) is 6.92. The lowest BCUT2D eigenvalue weighted by Gasteiger charge is -2.36. The quantitative estimate of drug-likeness (QED) is 0.298. The Bertz CT molecular complexity index is 571. The number of aryl methyl sites for hydroxylation is 1. The molecular formula is C20H35IN4O. The van der Waals surface area contributed by atoms with E-state index in [0.29, 0.717) is 0 Å². The molecule has 0 bridgehead atoms. The Morgan fingerprint density at radius 1 is 1.31 bits per heavy atom. The van der Waals surface area contributed by atoms with Crippen LogP contribution in [0, 0.1) is 6.92 Å². The van der Waals surface area contributed by atoms with Crippen molar-refractivity contribution in [3.05, 3.63) is 35.4 Å². The molecule has 0 radical (unpaired) electrons. The van der Waals surface area contributed by atoms with Crippen LogP contribution in [0.3, 0.4) is 0 Å². The summed E-state index contributed by atoms with van der Waals surface area (Å²) in [6, 6.07) is 8.48. The van der Waals surface area contributed by atoms with Crippen LogP contribution in [-0.2, 0) is 4.74 Å². The number of benzene rings is 1. The molecule has 1 aliphatic heterocycles. The average Bonchev–Trinajstić information content (AvgIpc) is 2.57. The molecule has 1 aliphatic rings. The molecule has 148 valence electrons. The van der Waals surface area contributed by atoms with Gasteiger partial charge in [-0.1, -0.05) is 24.3 Å². The minimum absolute atomic E-state index is 0. The van der Waals surface area contributed by atoms with Crippen molar-refractivity contribution < 1.29 is 4.74 Å². The van der Waals surface area contributed by atoms with Gasteiger partial charge in [-0.2, -0.15) is 0 Å². The molecule has 1 fully saturated rings. The lowest BCUT2D eigenvalue weighted by molar-refractivity contribution is -0.00832. The number of hydrogen-bond acceptors (Lipinski definition) is 3. The van der Waals surface area contributed by atoms with Crippen molar-refractivity contribution in [2.45, 2.75) is 46.3 Å². The van der Waals surface area contributed by atoms with Gasteiger partial charge in [0.2, 0.25) is 0 Å². The third kappa shape index (κ3) is 7.40. The standard InChI is InChI=1S/C20H34N4O.HI/c1-6-21-19(22-11-12-23-20(3,4)5)24-13-14-25-18(15-24)17-10-8-7-9-16(17)2;/h7-10,18,23H,6,11-15H2,1-5H3,(H,21,22);1H. The van der Waals surface area contributed by atoms with E-state index in [1.54, 1.807) is 0 Å². The number of aliphatic imine (C=N–C) groups is 1. The van der Waals surface area contributed by atoms with E-state index in [2.05, 4.69) is 74.4 Å². The van der Waals surface area contributed by atoms with E-state index in [1.165, 1.54) is 11.1 Å². The molecule has 0 amide bonds. The van der Waals surface area contributed by atoms with Crippen molar-refractivity contribution >= 4 is 29.9 Å². The predicted molar refractivity (Wildman–Crippen MR) is 121 cm³/mol. The SMILES string of the molecule is CCNC(=NCCNC(C)(C)C)N1CCOC(c2ccccc2C)C1.I. The van der Waals surface area contributed by atoms with Crippen LogP contribution in [0.1, 0.15) is 44.9 Å². The highest BCUT2D eigenvalue weighted by Gasteiger charge is 2.25. The molecule has 2 rings (SSSR count). The van der Waals surface area contributed by atoms with Crippen molar-refractivity contribution in [1.29, 1.82) is 0 Å². The summed E-state index contributed by atoms with van der Waals surface area (Å²) in [5.74, 6) is 0.986. The average molecular weight is 474 g/mol. The summed E-state index contributed by atoms with van der Waals surface area (Å²) in [6.07, 6.45) is 0.103. The van der Waals surface area contributed by atoms with Gasteiger partial charge in [0.1, 0.15) is 6.10 Å². The Hall–Kier alpha value is -0.860. The molecule has 0 spiro atoms. The van der Waals surface area contributed by atoms with Crippen molar-refractivity contribution in [1.82, 2.24) is 15.5 Å². The van der Waals surface area contributed by atoms with Crippen molar-refractivity contribution in [2.75, 3.05) is 39.3 Å². The predicted octanol–water partition coefficient (Wildman–Crippen LogP) is 3.34. The van der Waals surface area contributed by atoms with Gasteiger partial charge < -0.3 is 20.3 Å². The first-order valence-electron chi connectivity index (χ1n) is 9.36. The zero-order valence-corrected chi connectivity index (χ0v) is 19.2. The molecule has 1 aromatic carbocycles. The smallest absolute Gasteiger partial charge is 0.194 e. The van der Waals surface area contributed by atoms with E-state index >= 15 is 0 Å². The van der Waals surface area contributed by atoms with Crippen LogP contribution in [0.5, 0.6) is 0 Å². The zero-order valence-electron chi connectivity index (χ0n) is 16.8. The summed E-state index contributed by atoms with van der Waals surface area (Å²) in [7, 11) is 0. The number of rotatable bonds is 5. The summed E-state index contributed by atoms with van der Waals surface area (Å²) < 4.78 is 6.04. The molecule has 0 aliphatic carbocycles. The maximum atomic E-state index is 6.04. The number of halogens is 1. The molecule has 0 saturated carbocycles. The normalized spacial score (nSPS) is 18.4. The number of ether oxygens (including phenoxy) is 1. The number of hydrogen-bond donors (Lipinski definition) is 2. The van der Waals surface area contributed by atoms with Gasteiger partial charge in [0.05, 0.1) is 19.7 Å². The fraction of sp³-hybridized carbons (Fsp3) is 0.650. The minimum Gasteiger partial charge on any atom is -0.370 e. The summed E-state index contributed by atoms with van der Waals surface area (Å²) >= 11 is 0. The topological polar surface area (TPSA) is 48.9 Å². The van der Waals surface area contributed by atoms with E-state index in [4.69, 9.17) is 9.73 Å². The molecule has 26 heavy (non-hydrogen) atoms. The first-order valence-corrected chi connectivity index (χ1v) is 9.36. The van der Waals surface area contributed by atoms with Crippen LogP contribution in [0.25, 0.3) is 0 Å². The van der Waals surface area contributed by atoms with Crippen LogP contribution in [0.15, 0.2) is 29.3 Å². The van der Waals surface area contributed by atoms with Crippen LogP contribution in [0.2, 0.25) is 0 Å². The summed E-state index contributed by atoms with van der Waals surface area (Å²) in [4.78, 5) is 7.12. The van der Waals surface area contributed by atoms with E-state index in [0.717, 1.165) is 45.3 Å². The second kappa shape index (κ2) is 11.1. The van der Waals surface area contributed by atoms with E-state index in [-0.39, 0.29) is 35.6 Å². The molecule has 1 atom stereocenters. The Labute approximate surface area is 176 Å². The maximum absolute atomic E-state index is 6.04. The van der Waals surface area contributed by atoms with Crippen LogP contribution in [0.4, 0.5) is 0 Å². The first-order chi connectivity index (χ1) is 11.9. The van der Waals surface area contributed by atoms with Gasteiger partial charge in [-0.05, 0) is 45.7 Å². The summed E-state index contributed by atoms with van der Waals surface area (Å²) in [6.45, 7) is 15.8. The molecule has 5 nitrogen and oxygen atoms in total. The Morgan fingerprint density at radius 2 is 2.04 bits per heavy atom. The van der Waals surface area contributed by atoms with Crippen molar-refractivity contribution in [3.8, 4) is 0 Å². The largest absolute Gasteiger partial charge is 0.370 e. The molecule has 1 saturated heterocycles. The number of nitrogens with zero attached hydrogens (tertiary/aromatic N) is 2. The number of morpholine rings is 1. The van der Waals surface area contributed by atoms with Crippen LogP contribution < -0.4 is 10.6 Å². The van der Waals surface area contributed by atoms with Gasteiger partial charge >= 0.3 is 0 Å². The maximum Gasteiger partial charge on any atom is 0.194 e. The highest BCUT2D eigenvalue weighted by Crippen LogP contribution is 2.24. The Balaban J connectivity index is 0.00000338. The van der Waals surface area contributed by atoms with E-state index in [1.807, 2.05) is 0 Å². The van der Waals surface area contributed by atoms with Crippen LogP contribution in [-0.4, -0.2) is 55.7 Å². The zero-order chi connectivity index (χ0) is 18.3. The third-order valence-electron chi connectivity index (χ3n) is 4.26. The van der Waals surface area contributed by atoms with Gasteiger partial charge in [0.25, 0.3) is 0 Å². The molecule has 1 unspecified atom stereocenters. The molecule has 1 heterocycles. The van der Waals surface area contributed by atoms with Gasteiger partial charge in [-0.3, -0.25) is 4.99 Å². The lowest BCUT2D eigenvalue weighted by Crippen LogP contribution is -2.48. The van der Waals surface area contributed by atoms with Gasteiger partial charge in [-0.15, -0.1) is 24.0 Å². The first kappa shape index (κ1) is 23.2. The molecule has 2 N–H and O–H groups in total. The monoisotopic (exact) mass is 474 g/mol.